The normalized spacial score (nSPS) is 15.1. The van der Waals surface area contributed by atoms with Crippen molar-refractivity contribution in [2.24, 2.45) is 0 Å². The third-order valence-corrected chi connectivity index (χ3v) is 6.27. The Labute approximate surface area is 199 Å². The number of methoxy groups -OCH3 is 1. The van der Waals surface area contributed by atoms with Crippen LogP contribution in [0, 0.1) is 7.14 Å². The smallest absolute Gasteiger partial charge is 0.325 e. The Morgan fingerprint density at radius 3 is 2.59 bits per heavy atom. The summed E-state index contributed by atoms with van der Waals surface area (Å²) >= 11 is 5.17. The average molecular weight is 635 g/mol. The molecular weight excluding hydrogens is 620 g/mol. The second-order valence-corrected chi connectivity index (χ2v) is 9.33. The highest BCUT2D eigenvalue weighted by molar-refractivity contribution is 14.1. The van der Waals surface area contributed by atoms with Gasteiger partial charge in [-0.1, -0.05) is 30.3 Å². The topological polar surface area (TPSA) is 72.9 Å². The summed E-state index contributed by atoms with van der Waals surface area (Å²) in [6.07, 6.45) is 1.63. The number of thioether (sulfide) groups is 1. The molecule has 1 fully saturated rings. The van der Waals surface area contributed by atoms with Crippen molar-refractivity contribution in [1.82, 2.24) is 4.90 Å². The first-order valence-electron chi connectivity index (χ1n) is 8.37. The van der Waals surface area contributed by atoms with E-state index < -0.39 is 23.7 Å². The summed E-state index contributed by atoms with van der Waals surface area (Å²) in [6.45, 7) is -0.0260. The van der Waals surface area contributed by atoms with Gasteiger partial charge in [0.1, 0.15) is 18.9 Å². The van der Waals surface area contributed by atoms with Gasteiger partial charge in [0.15, 0.2) is 0 Å². The highest BCUT2D eigenvalue weighted by Gasteiger charge is 2.36. The molecule has 0 N–H and O–H groups in total. The SMILES string of the molecule is COC(=O)CN1C(=O)S/C(=C\c2cc(I)cc(I)c2OCc2ccccc2)C1=O. The van der Waals surface area contributed by atoms with Crippen molar-refractivity contribution in [2.75, 3.05) is 13.7 Å². The van der Waals surface area contributed by atoms with Crippen molar-refractivity contribution in [1.29, 1.82) is 0 Å². The van der Waals surface area contributed by atoms with E-state index >= 15 is 0 Å². The van der Waals surface area contributed by atoms with Crippen LogP contribution < -0.4 is 4.74 Å². The molecule has 0 atom stereocenters. The molecule has 1 saturated heterocycles. The van der Waals surface area contributed by atoms with Gasteiger partial charge in [-0.25, -0.2) is 0 Å². The molecule has 2 amide bonds. The zero-order valence-corrected chi connectivity index (χ0v) is 20.3. The van der Waals surface area contributed by atoms with Gasteiger partial charge in [0.2, 0.25) is 0 Å². The molecule has 3 rings (SSSR count). The molecule has 9 heteroatoms. The van der Waals surface area contributed by atoms with Crippen molar-refractivity contribution < 1.29 is 23.9 Å². The number of imide groups is 1. The van der Waals surface area contributed by atoms with Crippen LogP contribution in [0.3, 0.4) is 0 Å². The van der Waals surface area contributed by atoms with Crippen molar-refractivity contribution in [2.45, 2.75) is 6.61 Å². The van der Waals surface area contributed by atoms with Gasteiger partial charge < -0.3 is 9.47 Å². The fraction of sp³-hybridized carbons (Fsp3) is 0.150. The lowest BCUT2D eigenvalue weighted by atomic mass is 10.1. The molecule has 2 aromatic carbocycles. The molecule has 0 spiro atoms. The Kier molecular flexibility index (Phi) is 7.57. The first-order valence-corrected chi connectivity index (χ1v) is 11.3. The summed E-state index contributed by atoms with van der Waals surface area (Å²) in [7, 11) is 1.21. The Balaban J connectivity index is 1.89. The Morgan fingerprint density at radius 1 is 1.17 bits per heavy atom. The second-order valence-electron chi connectivity index (χ2n) is 5.92. The summed E-state index contributed by atoms with van der Waals surface area (Å²) in [5.41, 5.74) is 1.71. The minimum atomic E-state index is -0.649. The van der Waals surface area contributed by atoms with E-state index in [0.717, 1.165) is 29.4 Å². The zero-order chi connectivity index (χ0) is 21.0. The van der Waals surface area contributed by atoms with Crippen LogP contribution in [0.25, 0.3) is 6.08 Å². The zero-order valence-electron chi connectivity index (χ0n) is 15.2. The molecule has 2 aromatic rings. The predicted octanol–water partition coefficient (Wildman–Crippen LogP) is 4.68. The van der Waals surface area contributed by atoms with Crippen LogP contribution in [0.4, 0.5) is 4.79 Å². The number of hydrogen-bond acceptors (Lipinski definition) is 6. The first kappa shape index (κ1) is 22.1. The molecule has 0 bridgehead atoms. The quantitative estimate of drug-likeness (QED) is 0.261. The maximum absolute atomic E-state index is 12.6. The van der Waals surface area contributed by atoms with Crippen LogP contribution in [-0.4, -0.2) is 35.7 Å². The number of hydrogen-bond donors (Lipinski definition) is 0. The average Bonchev–Trinajstić information content (AvgIpc) is 2.95. The monoisotopic (exact) mass is 635 g/mol. The van der Waals surface area contributed by atoms with Gasteiger partial charge in [0.25, 0.3) is 11.1 Å². The number of ether oxygens (including phenoxy) is 2. The van der Waals surface area contributed by atoms with Crippen LogP contribution in [0.15, 0.2) is 47.4 Å². The van der Waals surface area contributed by atoms with Crippen molar-refractivity contribution in [3.8, 4) is 5.75 Å². The molecule has 0 saturated carbocycles. The molecule has 6 nitrogen and oxygen atoms in total. The molecule has 1 heterocycles. The summed E-state index contributed by atoms with van der Waals surface area (Å²) in [6, 6.07) is 13.6. The van der Waals surface area contributed by atoms with E-state index in [1.807, 2.05) is 42.5 Å². The van der Waals surface area contributed by atoms with Crippen molar-refractivity contribution in [3.05, 3.63) is 65.6 Å². The fourth-order valence-electron chi connectivity index (χ4n) is 2.54. The summed E-state index contributed by atoms with van der Waals surface area (Å²) in [5, 5.41) is -0.501. The van der Waals surface area contributed by atoms with Crippen LogP contribution in [0.5, 0.6) is 5.75 Å². The molecule has 150 valence electrons. The third-order valence-electron chi connectivity index (χ3n) is 3.94. The number of benzene rings is 2. The standard InChI is InChI=1S/C20H15I2NO5S/c1-27-17(24)10-23-19(25)16(29-20(23)26)8-13-7-14(21)9-15(22)18(13)28-11-12-5-3-2-4-6-12/h2-9H,10-11H2,1H3/b16-8-. The Bertz CT molecular complexity index is 994. The highest BCUT2D eigenvalue weighted by atomic mass is 127. The first-order chi connectivity index (χ1) is 13.9. The van der Waals surface area contributed by atoms with E-state index in [4.69, 9.17) is 4.74 Å². The van der Waals surface area contributed by atoms with Gasteiger partial charge in [-0.2, -0.15) is 0 Å². The van der Waals surface area contributed by atoms with Gasteiger partial charge in [-0.15, -0.1) is 0 Å². The Morgan fingerprint density at radius 2 is 1.90 bits per heavy atom. The van der Waals surface area contributed by atoms with E-state index in [2.05, 4.69) is 49.9 Å². The highest BCUT2D eigenvalue weighted by Crippen LogP contribution is 2.36. The summed E-state index contributed by atoms with van der Waals surface area (Å²) in [5.74, 6) is -0.535. The lowest BCUT2D eigenvalue weighted by Crippen LogP contribution is -2.34. The fourth-order valence-corrected chi connectivity index (χ4v) is 5.42. The number of rotatable bonds is 6. The number of halogens is 2. The minimum absolute atomic E-state index is 0.237. The van der Waals surface area contributed by atoms with E-state index in [0.29, 0.717) is 17.9 Å². The van der Waals surface area contributed by atoms with Crippen LogP contribution in [0.2, 0.25) is 0 Å². The molecule has 1 aliphatic rings. The largest absolute Gasteiger partial charge is 0.487 e. The van der Waals surface area contributed by atoms with Crippen molar-refractivity contribution >= 4 is 80.1 Å². The van der Waals surface area contributed by atoms with Gasteiger partial charge in [-0.3, -0.25) is 19.3 Å². The lowest BCUT2D eigenvalue weighted by Gasteiger charge is -2.13. The molecular formula is C20H15I2NO5S. The minimum Gasteiger partial charge on any atom is -0.487 e. The van der Waals surface area contributed by atoms with E-state index in [-0.39, 0.29) is 4.91 Å². The molecule has 1 aliphatic heterocycles. The second kappa shape index (κ2) is 9.94. The molecule has 0 aromatic heterocycles. The molecule has 0 aliphatic carbocycles. The molecule has 0 radical (unpaired) electrons. The van der Waals surface area contributed by atoms with E-state index in [9.17, 15) is 14.4 Å². The number of esters is 1. The maximum Gasteiger partial charge on any atom is 0.325 e. The third kappa shape index (κ3) is 5.51. The summed E-state index contributed by atoms with van der Waals surface area (Å²) in [4.78, 5) is 37.3. The van der Waals surface area contributed by atoms with Crippen LogP contribution >= 0.6 is 56.9 Å². The van der Waals surface area contributed by atoms with Crippen LogP contribution in [0.1, 0.15) is 11.1 Å². The number of carbonyl (C=O) groups is 3. The van der Waals surface area contributed by atoms with Gasteiger partial charge >= 0.3 is 5.97 Å². The predicted molar refractivity (Wildman–Crippen MR) is 127 cm³/mol. The molecule has 0 unspecified atom stereocenters. The van der Waals surface area contributed by atoms with E-state index in [1.54, 1.807) is 6.08 Å². The Hall–Kier alpha value is -1.60. The number of nitrogens with zero attached hydrogens (tertiary/aromatic N) is 1. The van der Waals surface area contributed by atoms with Gasteiger partial charge in [-0.05, 0) is 80.7 Å². The van der Waals surface area contributed by atoms with E-state index in [1.165, 1.54) is 7.11 Å². The number of carbonyl (C=O) groups excluding carboxylic acids is 3. The van der Waals surface area contributed by atoms with Gasteiger partial charge in [0, 0.05) is 9.13 Å². The molecule has 29 heavy (non-hydrogen) atoms. The van der Waals surface area contributed by atoms with Crippen LogP contribution in [-0.2, 0) is 20.9 Å². The number of amides is 2. The van der Waals surface area contributed by atoms with Crippen molar-refractivity contribution in [3.63, 3.8) is 0 Å². The summed E-state index contributed by atoms with van der Waals surface area (Å²) < 4.78 is 12.5. The maximum atomic E-state index is 12.6. The lowest BCUT2D eigenvalue weighted by molar-refractivity contribution is -0.143. The van der Waals surface area contributed by atoms with Gasteiger partial charge in [0.05, 0.1) is 15.6 Å².